The maximum atomic E-state index is 13.7. The number of aliphatic hydroxyl groups excluding tert-OH is 1. The highest BCUT2D eigenvalue weighted by molar-refractivity contribution is 7.15. The Labute approximate surface area is 140 Å². The molecule has 0 radical (unpaired) electrons. The second-order valence-electron chi connectivity index (χ2n) is 5.36. The SMILES string of the molecule is Cl.OC1CNCC1CNCc1ccc(-c2ccccc2F)s1. The molecule has 6 heteroatoms. The van der Waals surface area contributed by atoms with Crippen molar-refractivity contribution in [3.05, 3.63) is 47.1 Å². The summed E-state index contributed by atoms with van der Waals surface area (Å²) in [5, 5.41) is 16.3. The lowest BCUT2D eigenvalue weighted by atomic mass is 10.1. The molecular formula is C16H20ClFN2OS. The van der Waals surface area contributed by atoms with Gasteiger partial charge in [-0.25, -0.2) is 4.39 Å². The standard InChI is InChI=1S/C16H19FN2OS.ClH/c17-14-4-2-1-3-13(14)16-6-5-12(21-16)9-18-7-11-8-19-10-15(11)20;/h1-6,11,15,18-20H,7-10H2;1H. The first kappa shape index (κ1) is 17.4. The van der Waals surface area contributed by atoms with Gasteiger partial charge in [0.1, 0.15) is 5.82 Å². The average Bonchev–Trinajstić information content (AvgIpc) is 3.10. The predicted molar refractivity (Wildman–Crippen MR) is 91.0 cm³/mol. The van der Waals surface area contributed by atoms with Crippen LogP contribution in [0.1, 0.15) is 4.88 Å². The van der Waals surface area contributed by atoms with Crippen LogP contribution in [0, 0.1) is 11.7 Å². The molecule has 0 aliphatic carbocycles. The number of rotatable bonds is 5. The quantitative estimate of drug-likeness (QED) is 0.782. The van der Waals surface area contributed by atoms with Gasteiger partial charge in [-0.05, 0) is 18.2 Å². The van der Waals surface area contributed by atoms with Crippen molar-refractivity contribution in [1.29, 1.82) is 0 Å². The zero-order chi connectivity index (χ0) is 14.7. The molecule has 1 aromatic carbocycles. The third-order valence-corrected chi connectivity index (χ3v) is 4.93. The molecule has 22 heavy (non-hydrogen) atoms. The zero-order valence-electron chi connectivity index (χ0n) is 12.1. The molecule has 0 saturated carbocycles. The third-order valence-electron chi connectivity index (χ3n) is 3.81. The molecule has 1 aromatic heterocycles. The predicted octanol–water partition coefficient (Wildman–Crippen LogP) is 2.65. The highest BCUT2D eigenvalue weighted by atomic mass is 35.5. The van der Waals surface area contributed by atoms with Gasteiger partial charge in [0.05, 0.1) is 6.10 Å². The third kappa shape index (κ3) is 4.06. The minimum Gasteiger partial charge on any atom is -0.391 e. The molecule has 1 aliphatic rings. The largest absolute Gasteiger partial charge is 0.391 e. The Morgan fingerprint density at radius 3 is 2.77 bits per heavy atom. The van der Waals surface area contributed by atoms with Crippen LogP contribution in [-0.4, -0.2) is 30.8 Å². The van der Waals surface area contributed by atoms with Crippen molar-refractivity contribution in [2.24, 2.45) is 5.92 Å². The van der Waals surface area contributed by atoms with Crippen molar-refractivity contribution in [2.45, 2.75) is 12.6 Å². The molecule has 0 amide bonds. The fourth-order valence-corrected chi connectivity index (χ4v) is 3.59. The molecule has 0 bridgehead atoms. The normalized spacial score (nSPS) is 20.8. The molecule has 3 rings (SSSR count). The van der Waals surface area contributed by atoms with Crippen LogP contribution in [0.3, 0.4) is 0 Å². The molecule has 3 nitrogen and oxygen atoms in total. The van der Waals surface area contributed by atoms with Crippen LogP contribution >= 0.6 is 23.7 Å². The van der Waals surface area contributed by atoms with Gasteiger partial charge < -0.3 is 15.7 Å². The molecule has 2 heterocycles. The average molecular weight is 343 g/mol. The van der Waals surface area contributed by atoms with Gasteiger partial charge in [-0.1, -0.05) is 18.2 Å². The van der Waals surface area contributed by atoms with E-state index < -0.39 is 0 Å². The van der Waals surface area contributed by atoms with E-state index in [4.69, 9.17) is 0 Å². The van der Waals surface area contributed by atoms with E-state index >= 15 is 0 Å². The van der Waals surface area contributed by atoms with Crippen molar-refractivity contribution >= 4 is 23.7 Å². The molecule has 2 atom stereocenters. The summed E-state index contributed by atoms with van der Waals surface area (Å²) in [5.74, 6) is 0.0926. The molecular weight excluding hydrogens is 323 g/mol. The Morgan fingerprint density at radius 1 is 1.23 bits per heavy atom. The first-order valence-corrected chi connectivity index (χ1v) is 7.99. The van der Waals surface area contributed by atoms with E-state index in [1.807, 2.05) is 18.2 Å². The number of aliphatic hydroxyl groups is 1. The zero-order valence-corrected chi connectivity index (χ0v) is 13.7. The van der Waals surface area contributed by atoms with Crippen LogP contribution in [0.5, 0.6) is 0 Å². The Hall–Kier alpha value is -0.980. The maximum absolute atomic E-state index is 13.7. The second kappa shape index (κ2) is 8.04. The summed E-state index contributed by atoms with van der Waals surface area (Å²) in [6.45, 7) is 3.09. The molecule has 1 fully saturated rings. The van der Waals surface area contributed by atoms with Crippen molar-refractivity contribution in [1.82, 2.24) is 10.6 Å². The van der Waals surface area contributed by atoms with Gasteiger partial charge in [0, 0.05) is 47.4 Å². The molecule has 1 aliphatic heterocycles. The fraction of sp³-hybridized carbons (Fsp3) is 0.375. The number of nitrogens with one attached hydrogen (secondary N) is 2. The Balaban J connectivity index is 0.00000176. The van der Waals surface area contributed by atoms with Gasteiger partial charge in [-0.2, -0.15) is 0 Å². The van der Waals surface area contributed by atoms with E-state index in [-0.39, 0.29) is 30.2 Å². The summed E-state index contributed by atoms with van der Waals surface area (Å²) < 4.78 is 13.7. The van der Waals surface area contributed by atoms with Gasteiger partial charge in [0.2, 0.25) is 0 Å². The highest BCUT2D eigenvalue weighted by Crippen LogP contribution is 2.29. The molecule has 0 spiro atoms. The molecule has 2 aromatic rings. The Bertz CT molecular complexity index is 607. The van der Waals surface area contributed by atoms with Gasteiger partial charge in [-0.3, -0.25) is 0 Å². The van der Waals surface area contributed by atoms with E-state index in [9.17, 15) is 9.50 Å². The first-order valence-electron chi connectivity index (χ1n) is 7.17. The summed E-state index contributed by atoms with van der Waals surface area (Å²) in [7, 11) is 0. The molecule has 3 N–H and O–H groups in total. The summed E-state index contributed by atoms with van der Waals surface area (Å²) >= 11 is 1.60. The van der Waals surface area contributed by atoms with E-state index in [1.165, 1.54) is 10.9 Å². The summed E-state index contributed by atoms with van der Waals surface area (Å²) in [6.07, 6.45) is -0.255. The van der Waals surface area contributed by atoms with Crippen LogP contribution in [0.15, 0.2) is 36.4 Å². The number of thiophene rings is 1. The number of hydrogen-bond acceptors (Lipinski definition) is 4. The van der Waals surface area contributed by atoms with Gasteiger partial charge in [0.15, 0.2) is 0 Å². The van der Waals surface area contributed by atoms with Crippen molar-refractivity contribution in [3.63, 3.8) is 0 Å². The minimum absolute atomic E-state index is 0. The maximum Gasteiger partial charge on any atom is 0.131 e. The highest BCUT2D eigenvalue weighted by Gasteiger charge is 2.24. The van der Waals surface area contributed by atoms with Crippen LogP contribution in [0.4, 0.5) is 4.39 Å². The number of hydrogen-bond donors (Lipinski definition) is 3. The van der Waals surface area contributed by atoms with E-state index in [2.05, 4.69) is 10.6 Å². The first-order chi connectivity index (χ1) is 10.2. The fourth-order valence-electron chi connectivity index (χ4n) is 2.59. The van der Waals surface area contributed by atoms with Gasteiger partial charge in [0.25, 0.3) is 0 Å². The van der Waals surface area contributed by atoms with E-state index in [0.29, 0.717) is 12.1 Å². The van der Waals surface area contributed by atoms with Crippen LogP contribution < -0.4 is 10.6 Å². The smallest absolute Gasteiger partial charge is 0.131 e. The van der Waals surface area contributed by atoms with Crippen molar-refractivity contribution in [2.75, 3.05) is 19.6 Å². The molecule has 120 valence electrons. The topological polar surface area (TPSA) is 44.3 Å². The van der Waals surface area contributed by atoms with Crippen LogP contribution in [-0.2, 0) is 6.54 Å². The lowest BCUT2D eigenvalue weighted by molar-refractivity contribution is 0.146. The monoisotopic (exact) mass is 342 g/mol. The van der Waals surface area contributed by atoms with E-state index in [0.717, 1.165) is 24.5 Å². The molecule has 2 unspecified atom stereocenters. The second-order valence-corrected chi connectivity index (χ2v) is 6.53. The van der Waals surface area contributed by atoms with Crippen LogP contribution in [0.2, 0.25) is 0 Å². The van der Waals surface area contributed by atoms with Crippen molar-refractivity contribution in [3.8, 4) is 10.4 Å². The molecule has 1 saturated heterocycles. The van der Waals surface area contributed by atoms with Crippen LogP contribution in [0.25, 0.3) is 10.4 Å². The van der Waals surface area contributed by atoms with Crippen molar-refractivity contribution < 1.29 is 9.50 Å². The Kier molecular flexibility index (Phi) is 6.35. The number of benzene rings is 1. The Morgan fingerprint density at radius 2 is 2.05 bits per heavy atom. The summed E-state index contributed by atoms with van der Waals surface area (Å²) in [5.41, 5.74) is 0.657. The lowest BCUT2D eigenvalue weighted by Crippen LogP contribution is -2.29. The van der Waals surface area contributed by atoms with E-state index in [1.54, 1.807) is 23.5 Å². The lowest BCUT2D eigenvalue weighted by Gasteiger charge is -2.13. The van der Waals surface area contributed by atoms with Gasteiger partial charge in [-0.15, -0.1) is 23.7 Å². The summed E-state index contributed by atoms with van der Waals surface area (Å²) in [4.78, 5) is 2.13. The number of halogens is 2. The number of β-amino-alcohol motifs (C(OH)–C–C–N with tert-alkyl or cyclic N) is 1. The summed E-state index contributed by atoms with van der Waals surface area (Å²) in [6, 6.07) is 10.8. The minimum atomic E-state index is -0.255. The van der Waals surface area contributed by atoms with Gasteiger partial charge >= 0.3 is 0 Å².